The molecule has 2 heteroatoms. The average molecular weight is 202 g/mol. The Bertz CT molecular complexity index is 482. The second-order valence-electron chi connectivity index (χ2n) is 4.20. The van der Waals surface area contributed by atoms with Gasteiger partial charge in [-0.3, -0.25) is 0 Å². The van der Waals surface area contributed by atoms with E-state index in [1.165, 1.54) is 22.2 Å². The maximum atomic E-state index is 3.28. The van der Waals surface area contributed by atoms with Gasteiger partial charge in [-0.1, -0.05) is 11.6 Å². The van der Waals surface area contributed by atoms with Crippen LogP contribution in [0.3, 0.4) is 0 Å². The SMILES string of the molecule is CNC(C)c1cc2cc(C)ccc2n1C. The number of nitrogens with one attached hydrogen (secondary N) is 1. The minimum atomic E-state index is 0.391. The fraction of sp³-hybridized carbons (Fsp3) is 0.385. The van der Waals surface area contributed by atoms with Crippen LogP contribution in [0, 0.1) is 6.92 Å². The molecule has 0 amide bonds. The lowest BCUT2D eigenvalue weighted by Crippen LogP contribution is -2.15. The first-order valence-corrected chi connectivity index (χ1v) is 5.36. The summed E-state index contributed by atoms with van der Waals surface area (Å²) >= 11 is 0. The summed E-state index contributed by atoms with van der Waals surface area (Å²) in [6.07, 6.45) is 0. The Morgan fingerprint density at radius 2 is 2.00 bits per heavy atom. The topological polar surface area (TPSA) is 17.0 Å². The van der Waals surface area contributed by atoms with Crippen molar-refractivity contribution in [3.63, 3.8) is 0 Å². The quantitative estimate of drug-likeness (QED) is 0.792. The van der Waals surface area contributed by atoms with Gasteiger partial charge in [0.2, 0.25) is 0 Å². The summed E-state index contributed by atoms with van der Waals surface area (Å²) in [6, 6.07) is 9.25. The second kappa shape index (κ2) is 3.70. The Balaban J connectivity index is 2.63. The van der Waals surface area contributed by atoms with Gasteiger partial charge in [-0.05, 0) is 39.1 Å². The van der Waals surface area contributed by atoms with Crippen LogP contribution in [-0.4, -0.2) is 11.6 Å². The Labute approximate surface area is 90.9 Å². The molecule has 0 aliphatic heterocycles. The number of aryl methyl sites for hydroxylation is 2. The van der Waals surface area contributed by atoms with E-state index in [-0.39, 0.29) is 0 Å². The third-order valence-corrected chi connectivity index (χ3v) is 3.11. The molecule has 2 nitrogen and oxygen atoms in total. The molecule has 0 fully saturated rings. The molecule has 15 heavy (non-hydrogen) atoms. The minimum Gasteiger partial charge on any atom is -0.346 e. The van der Waals surface area contributed by atoms with Gasteiger partial charge in [-0.2, -0.15) is 0 Å². The molecular formula is C13H18N2. The number of rotatable bonds is 2. The average Bonchev–Trinajstić information content (AvgIpc) is 2.54. The van der Waals surface area contributed by atoms with Crippen molar-refractivity contribution in [1.82, 2.24) is 9.88 Å². The molecule has 0 bridgehead atoms. The van der Waals surface area contributed by atoms with Crippen LogP contribution in [0.2, 0.25) is 0 Å². The van der Waals surface area contributed by atoms with E-state index in [1.807, 2.05) is 7.05 Å². The van der Waals surface area contributed by atoms with Crippen LogP contribution in [0.4, 0.5) is 0 Å². The molecule has 0 aliphatic rings. The number of hydrogen-bond donors (Lipinski definition) is 1. The van der Waals surface area contributed by atoms with Crippen molar-refractivity contribution in [2.24, 2.45) is 7.05 Å². The van der Waals surface area contributed by atoms with Crippen LogP contribution in [0.25, 0.3) is 10.9 Å². The highest BCUT2D eigenvalue weighted by atomic mass is 15.0. The molecule has 0 saturated heterocycles. The number of nitrogens with zero attached hydrogens (tertiary/aromatic N) is 1. The van der Waals surface area contributed by atoms with Crippen LogP contribution in [0.15, 0.2) is 24.3 Å². The van der Waals surface area contributed by atoms with E-state index in [1.54, 1.807) is 0 Å². The van der Waals surface area contributed by atoms with Gasteiger partial charge in [0, 0.05) is 29.7 Å². The van der Waals surface area contributed by atoms with E-state index in [0.29, 0.717) is 6.04 Å². The summed E-state index contributed by atoms with van der Waals surface area (Å²) in [7, 11) is 4.12. The van der Waals surface area contributed by atoms with Crippen LogP contribution < -0.4 is 5.32 Å². The molecule has 1 heterocycles. The Hall–Kier alpha value is -1.28. The molecule has 1 atom stereocenters. The lowest BCUT2D eigenvalue weighted by atomic mass is 10.1. The van der Waals surface area contributed by atoms with Gasteiger partial charge in [0.1, 0.15) is 0 Å². The van der Waals surface area contributed by atoms with Crippen molar-refractivity contribution in [2.45, 2.75) is 19.9 Å². The first kappa shape index (κ1) is 10.2. The van der Waals surface area contributed by atoms with E-state index >= 15 is 0 Å². The molecule has 1 aromatic carbocycles. The third kappa shape index (κ3) is 1.65. The molecule has 0 spiro atoms. The van der Waals surface area contributed by atoms with E-state index in [2.05, 4.69) is 55.0 Å². The molecule has 0 radical (unpaired) electrons. The highest BCUT2D eigenvalue weighted by Gasteiger charge is 2.10. The van der Waals surface area contributed by atoms with E-state index < -0.39 is 0 Å². The molecule has 2 aromatic rings. The van der Waals surface area contributed by atoms with Crippen molar-refractivity contribution in [3.05, 3.63) is 35.5 Å². The van der Waals surface area contributed by atoms with Gasteiger partial charge >= 0.3 is 0 Å². The van der Waals surface area contributed by atoms with Crippen LogP contribution >= 0.6 is 0 Å². The number of fused-ring (bicyclic) bond motifs is 1. The lowest BCUT2D eigenvalue weighted by molar-refractivity contribution is 0.610. The molecule has 1 unspecified atom stereocenters. The summed E-state index contributed by atoms with van der Waals surface area (Å²) in [6.45, 7) is 4.31. The molecule has 80 valence electrons. The maximum absolute atomic E-state index is 3.28. The Kier molecular flexibility index (Phi) is 2.53. The predicted octanol–water partition coefficient (Wildman–Crippen LogP) is 2.77. The third-order valence-electron chi connectivity index (χ3n) is 3.11. The largest absolute Gasteiger partial charge is 0.346 e. The smallest absolute Gasteiger partial charge is 0.0480 e. The zero-order valence-electron chi connectivity index (χ0n) is 9.83. The van der Waals surface area contributed by atoms with Crippen molar-refractivity contribution < 1.29 is 0 Å². The Morgan fingerprint density at radius 1 is 1.27 bits per heavy atom. The fourth-order valence-corrected chi connectivity index (χ4v) is 2.05. The minimum absolute atomic E-state index is 0.391. The summed E-state index contributed by atoms with van der Waals surface area (Å²) in [4.78, 5) is 0. The standard InChI is InChI=1S/C13H18N2/c1-9-5-6-12-11(7-9)8-13(15(12)4)10(2)14-3/h5-8,10,14H,1-4H3. The maximum Gasteiger partial charge on any atom is 0.0480 e. The normalized spacial score (nSPS) is 13.3. The predicted molar refractivity (Wildman–Crippen MR) is 65.1 cm³/mol. The first-order chi connectivity index (χ1) is 7.13. The summed E-state index contributed by atoms with van der Waals surface area (Å²) in [5.41, 5.74) is 3.95. The Morgan fingerprint density at radius 3 is 2.67 bits per heavy atom. The number of aromatic nitrogens is 1. The monoisotopic (exact) mass is 202 g/mol. The molecule has 0 aliphatic carbocycles. The highest BCUT2D eigenvalue weighted by molar-refractivity contribution is 5.82. The van der Waals surface area contributed by atoms with Crippen molar-refractivity contribution >= 4 is 10.9 Å². The molecular weight excluding hydrogens is 184 g/mol. The van der Waals surface area contributed by atoms with Gasteiger partial charge in [-0.15, -0.1) is 0 Å². The van der Waals surface area contributed by atoms with Crippen molar-refractivity contribution in [3.8, 4) is 0 Å². The summed E-state index contributed by atoms with van der Waals surface area (Å²) in [5, 5.41) is 4.61. The number of benzene rings is 1. The van der Waals surface area contributed by atoms with Crippen LogP contribution in [0.1, 0.15) is 24.2 Å². The van der Waals surface area contributed by atoms with E-state index in [0.717, 1.165) is 0 Å². The molecule has 2 rings (SSSR count). The van der Waals surface area contributed by atoms with Crippen LogP contribution in [0.5, 0.6) is 0 Å². The van der Waals surface area contributed by atoms with Crippen molar-refractivity contribution in [1.29, 1.82) is 0 Å². The highest BCUT2D eigenvalue weighted by Crippen LogP contribution is 2.23. The van der Waals surface area contributed by atoms with E-state index in [4.69, 9.17) is 0 Å². The summed E-state index contributed by atoms with van der Waals surface area (Å²) in [5.74, 6) is 0. The van der Waals surface area contributed by atoms with Gasteiger partial charge in [0.25, 0.3) is 0 Å². The molecule has 1 aromatic heterocycles. The second-order valence-corrected chi connectivity index (χ2v) is 4.20. The molecule has 1 N–H and O–H groups in total. The zero-order chi connectivity index (χ0) is 11.0. The first-order valence-electron chi connectivity index (χ1n) is 5.36. The van der Waals surface area contributed by atoms with Gasteiger partial charge in [0.05, 0.1) is 0 Å². The van der Waals surface area contributed by atoms with Gasteiger partial charge < -0.3 is 9.88 Å². The van der Waals surface area contributed by atoms with Gasteiger partial charge in [-0.25, -0.2) is 0 Å². The fourth-order valence-electron chi connectivity index (χ4n) is 2.05. The van der Waals surface area contributed by atoms with Gasteiger partial charge in [0.15, 0.2) is 0 Å². The molecule has 0 saturated carbocycles. The van der Waals surface area contributed by atoms with Crippen LogP contribution in [-0.2, 0) is 7.05 Å². The zero-order valence-corrected chi connectivity index (χ0v) is 9.83. The summed E-state index contributed by atoms with van der Waals surface area (Å²) < 4.78 is 2.26. The van der Waals surface area contributed by atoms with Crippen molar-refractivity contribution in [2.75, 3.05) is 7.05 Å². The number of hydrogen-bond acceptors (Lipinski definition) is 1. The lowest BCUT2D eigenvalue weighted by Gasteiger charge is -2.11. The van der Waals surface area contributed by atoms with E-state index in [9.17, 15) is 0 Å².